The summed E-state index contributed by atoms with van der Waals surface area (Å²) in [5, 5.41) is 6.54. The van der Waals surface area contributed by atoms with Gasteiger partial charge in [-0.15, -0.1) is 11.3 Å². The minimum atomic E-state index is 0.101. The van der Waals surface area contributed by atoms with Crippen molar-refractivity contribution in [2.45, 2.75) is 76.6 Å². The van der Waals surface area contributed by atoms with Gasteiger partial charge in [0, 0.05) is 38.0 Å². The van der Waals surface area contributed by atoms with Crippen LogP contribution in [0, 0.1) is 0 Å². The van der Waals surface area contributed by atoms with E-state index in [1.807, 2.05) is 12.0 Å². The molecule has 6 heteroatoms. The minimum absolute atomic E-state index is 0.101. The number of nitrogens with one attached hydrogen (secondary N) is 1. The number of thiazole rings is 1. The maximum Gasteiger partial charge on any atom is 0.225 e. The highest BCUT2D eigenvalue weighted by Gasteiger charge is 2.33. The lowest BCUT2D eigenvalue weighted by atomic mass is 10.1. The van der Waals surface area contributed by atoms with Gasteiger partial charge in [0.15, 0.2) is 5.13 Å². The predicted molar refractivity (Wildman–Crippen MR) is 92.8 cm³/mol. The Kier molecular flexibility index (Phi) is 5.67. The number of carbonyl (C=O) groups excluding carboxylic acids is 1. The molecule has 1 aromatic heterocycles. The molecule has 1 N–H and O–H groups in total. The fourth-order valence-electron chi connectivity index (χ4n) is 3.39. The van der Waals surface area contributed by atoms with E-state index in [2.05, 4.69) is 15.7 Å². The van der Waals surface area contributed by atoms with E-state index in [9.17, 15) is 4.79 Å². The topological polar surface area (TPSA) is 54.5 Å². The maximum atomic E-state index is 11.8. The van der Waals surface area contributed by atoms with Crippen molar-refractivity contribution in [2.24, 2.45) is 0 Å². The van der Waals surface area contributed by atoms with Crippen LogP contribution in [0.4, 0.5) is 5.13 Å². The Morgan fingerprint density at radius 1 is 1.35 bits per heavy atom. The van der Waals surface area contributed by atoms with Crippen LogP contribution in [-0.4, -0.2) is 36.2 Å². The van der Waals surface area contributed by atoms with Crippen LogP contribution in [0.1, 0.15) is 57.6 Å². The lowest BCUT2D eigenvalue weighted by molar-refractivity contribution is -0.116. The number of hydrogen-bond acceptors (Lipinski definition) is 5. The zero-order chi connectivity index (χ0) is 16.2. The van der Waals surface area contributed by atoms with Gasteiger partial charge < -0.3 is 10.1 Å². The highest BCUT2D eigenvalue weighted by molar-refractivity contribution is 7.14. The first-order valence-electron chi connectivity index (χ1n) is 8.69. The number of carbonyl (C=O) groups is 1. The van der Waals surface area contributed by atoms with Crippen molar-refractivity contribution in [1.29, 1.82) is 0 Å². The van der Waals surface area contributed by atoms with Crippen LogP contribution in [0.5, 0.6) is 0 Å². The summed E-state index contributed by atoms with van der Waals surface area (Å²) in [6, 6.07) is 0.777. The molecule has 1 heterocycles. The summed E-state index contributed by atoms with van der Waals surface area (Å²) in [6.45, 7) is 2.38. The van der Waals surface area contributed by atoms with Crippen molar-refractivity contribution in [3.63, 3.8) is 0 Å². The van der Waals surface area contributed by atoms with Crippen molar-refractivity contribution in [3.8, 4) is 0 Å². The van der Waals surface area contributed by atoms with E-state index in [-0.39, 0.29) is 5.91 Å². The first kappa shape index (κ1) is 16.9. The second-order valence-electron chi connectivity index (χ2n) is 6.64. The van der Waals surface area contributed by atoms with Gasteiger partial charge in [-0.2, -0.15) is 0 Å². The van der Waals surface area contributed by atoms with Gasteiger partial charge in [0.2, 0.25) is 5.91 Å². The minimum Gasteiger partial charge on any atom is -0.380 e. The molecular weight excluding hydrogens is 310 g/mol. The number of nitrogens with zero attached hydrogens (tertiary/aromatic N) is 2. The van der Waals surface area contributed by atoms with E-state index >= 15 is 0 Å². The van der Waals surface area contributed by atoms with Crippen LogP contribution < -0.4 is 10.2 Å². The van der Waals surface area contributed by atoms with Crippen molar-refractivity contribution >= 4 is 22.4 Å². The average Bonchev–Trinajstić information content (AvgIpc) is 3.29. The van der Waals surface area contributed by atoms with Gasteiger partial charge in [-0.05, 0) is 25.7 Å². The van der Waals surface area contributed by atoms with Gasteiger partial charge in [0.25, 0.3) is 0 Å². The Bertz CT molecular complexity index is 530. The highest BCUT2D eigenvalue weighted by atomic mass is 32.1. The zero-order valence-electron chi connectivity index (χ0n) is 14.1. The van der Waals surface area contributed by atoms with Crippen LogP contribution in [0.2, 0.25) is 0 Å². The second kappa shape index (κ2) is 7.73. The third-order valence-electron chi connectivity index (χ3n) is 4.80. The van der Waals surface area contributed by atoms with Gasteiger partial charge in [-0.1, -0.05) is 19.3 Å². The summed E-state index contributed by atoms with van der Waals surface area (Å²) >= 11 is 1.57. The molecule has 0 radical (unpaired) electrons. The molecule has 1 amide bonds. The largest absolute Gasteiger partial charge is 0.380 e. The predicted octanol–water partition coefficient (Wildman–Crippen LogP) is 3.10. The molecule has 0 spiro atoms. The average molecular weight is 337 g/mol. The number of rotatable bonds is 6. The molecule has 2 aliphatic carbocycles. The SMILES string of the molecule is CO[C@@H]1CCCCC[C@@H]1NCc1csc(N(C(C)=O)C2CC2)n1. The van der Waals surface area contributed by atoms with Crippen LogP contribution in [0.15, 0.2) is 5.38 Å². The molecule has 2 saturated carbocycles. The van der Waals surface area contributed by atoms with Gasteiger partial charge in [-0.3, -0.25) is 9.69 Å². The molecule has 0 unspecified atom stereocenters. The van der Waals surface area contributed by atoms with E-state index in [0.717, 1.165) is 43.1 Å². The standard InChI is InChI=1S/C17H27N3O2S/c1-12(21)20(14-8-9-14)17-19-13(11-23-17)10-18-15-6-4-3-5-7-16(15)22-2/h11,14-16,18H,3-10H2,1-2H3/t15-,16+/m0/s1. The van der Waals surface area contributed by atoms with Crippen LogP contribution in [-0.2, 0) is 16.1 Å². The third kappa shape index (κ3) is 4.31. The Hall–Kier alpha value is -0.980. The number of hydrogen-bond donors (Lipinski definition) is 1. The first-order chi connectivity index (χ1) is 11.2. The fourth-order valence-corrected chi connectivity index (χ4v) is 4.33. The maximum absolute atomic E-state index is 11.8. The first-order valence-corrected chi connectivity index (χ1v) is 9.57. The normalized spacial score (nSPS) is 25.1. The van der Waals surface area contributed by atoms with Gasteiger partial charge in [-0.25, -0.2) is 4.98 Å². The quantitative estimate of drug-likeness (QED) is 0.811. The third-order valence-corrected chi connectivity index (χ3v) is 5.69. The molecule has 2 fully saturated rings. The second-order valence-corrected chi connectivity index (χ2v) is 7.48. The van der Waals surface area contributed by atoms with Crippen LogP contribution >= 0.6 is 11.3 Å². The Morgan fingerprint density at radius 3 is 2.83 bits per heavy atom. The lowest BCUT2D eigenvalue weighted by Crippen LogP contribution is -2.39. The summed E-state index contributed by atoms with van der Waals surface area (Å²) in [5.74, 6) is 0.101. The molecule has 0 aromatic carbocycles. The smallest absolute Gasteiger partial charge is 0.225 e. The monoisotopic (exact) mass is 337 g/mol. The van der Waals surface area contributed by atoms with Crippen molar-refractivity contribution in [3.05, 3.63) is 11.1 Å². The molecule has 0 saturated heterocycles. The number of amides is 1. The fraction of sp³-hybridized carbons (Fsp3) is 0.765. The summed E-state index contributed by atoms with van der Waals surface area (Å²) in [4.78, 5) is 18.4. The Morgan fingerprint density at radius 2 is 2.13 bits per heavy atom. The molecule has 23 heavy (non-hydrogen) atoms. The van der Waals surface area contributed by atoms with Crippen molar-refractivity contribution in [2.75, 3.05) is 12.0 Å². The number of aromatic nitrogens is 1. The molecular formula is C17H27N3O2S. The number of ether oxygens (including phenoxy) is 1. The Labute approximate surface area is 142 Å². The number of anilines is 1. The van der Waals surface area contributed by atoms with E-state index in [1.165, 1.54) is 19.3 Å². The lowest BCUT2D eigenvalue weighted by Gasteiger charge is -2.24. The molecule has 2 aliphatic rings. The van der Waals surface area contributed by atoms with Gasteiger partial charge in [0.1, 0.15) is 0 Å². The van der Waals surface area contributed by atoms with Gasteiger partial charge >= 0.3 is 0 Å². The van der Waals surface area contributed by atoms with E-state index in [1.54, 1.807) is 18.3 Å². The molecule has 1 aromatic rings. The molecule has 3 rings (SSSR count). The summed E-state index contributed by atoms with van der Waals surface area (Å²) in [7, 11) is 1.81. The molecule has 5 nitrogen and oxygen atoms in total. The highest BCUT2D eigenvalue weighted by Crippen LogP contribution is 2.33. The van der Waals surface area contributed by atoms with Crippen LogP contribution in [0.3, 0.4) is 0 Å². The zero-order valence-corrected chi connectivity index (χ0v) is 14.9. The van der Waals surface area contributed by atoms with E-state index < -0.39 is 0 Å². The van der Waals surface area contributed by atoms with Crippen LogP contribution in [0.25, 0.3) is 0 Å². The molecule has 128 valence electrons. The molecule has 2 atom stereocenters. The molecule has 0 aliphatic heterocycles. The summed E-state index contributed by atoms with van der Waals surface area (Å²) in [6.07, 6.45) is 8.62. The summed E-state index contributed by atoms with van der Waals surface area (Å²) < 4.78 is 5.65. The Balaban J connectivity index is 1.59. The number of methoxy groups -OCH3 is 1. The van der Waals surface area contributed by atoms with Crippen molar-refractivity contribution in [1.82, 2.24) is 10.3 Å². The van der Waals surface area contributed by atoms with E-state index in [4.69, 9.17) is 4.74 Å². The summed E-state index contributed by atoms with van der Waals surface area (Å²) in [5.41, 5.74) is 1.02. The van der Waals surface area contributed by atoms with Gasteiger partial charge in [0.05, 0.1) is 11.8 Å². The van der Waals surface area contributed by atoms with E-state index in [0.29, 0.717) is 18.2 Å². The molecule has 0 bridgehead atoms. The van der Waals surface area contributed by atoms with Crippen molar-refractivity contribution < 1.29 is 9.53 Å².